The van der Waals surface area contributed by atoms with Crippen molar-refractivity contribution >= 4 is 21.8 Å². The van der Waals surface area contributed by atoms with Crippen LogP contribution in [0.1, 0.15) is 0 Å². The third-order valence-electron chi connectivity index (χ3n) is 7.85. The fourth-order valence-corrected chi connectivity index (χ4v) is 5.85. The van der Waals surface area contributed by atoms with Gasteiger partial charge in [0.15, 0.2) is 17.5 Å². The molecule has 0 fully saturated rings. The third kappa shape index (κ3) is 4.46. The summed E-state index contributed by atoms with van der Waals surface area (Å²) in [5.41, 5.74) is 8.49. The number of fused-ring (bicyclic) bond motifs is 3. The van der Waals surface area contributed by atoms with E-state index in [4.69, 9.17) is 15.0 Å². The maximum Gasteiger partial charge on any atom is 0.166 e. The fourth-order valence-electron chi connectivity index (χ4n) is 5.85. The smallest absolute Gasteiger partial charge is 0.166 e. The lowest BCUT2D eigenvalue weighted by atomic mass is 10.0. The Morgan fingerprint density at radius 1 is 0.372 bits per heavy atom. The molecule has 202 valence electrons. The van der Waals surface area contributed by atoms with Crippen molar-refractivity contribution in [2.45, 2.75) is 0 Å². The summed E-state index contributed by atoms with van der Waals surface area (Å²) < 4.78 is 2.35. The molecule has 4 heteroatoms. The highest BCUT2D eigenvalue weighted by atomic mass is 15.0. The number of nitrogens with zero attached hydrogens (tertiary/aromatic N) is 4. The zero-order chi connectivity index (χ0) is 28.6. The maximum atomic E-state index is 5.08. The second-order valence-corrected chi connectivity index (χ2v) is 10.5. The average molecular weight is 551 g/mol. The summed E-state index contributed by atoms with van der Waals surface area (Å²) >= 11 is 0. The van der Waals surface area contributed by atoms with E-state index < -0.39 is 0 Å². The first-order valence-corrected chi connectivity index (χ1v) is 14.4. The first kappa shape index (κ1) is 24.9. The van der Waals surface area contributed by atoms with Crippen molar-refractivity contribution in [2.24, 2.45) is 0 Å². The molecule has 0 aliphatic rings. The van der Waals surface area contributed by atoms with E-state index in [-0.39, 0.29) is 0 Å². The van der Waals surface area contributed by atoms with Gasteiger partial charge in [-0.15, -0.1) is 0 Å². The molecule has 0 saturated carbocycles. The Kier molecular flexibility index (Phi) is 6.08. The van der Waals surface area contributed by atoms with E-state index in [0.717, 1.165) is 38.8 Å². The number of hydrogen-bond donors (Lipinski definition) is 0. The molecule has 0 spiro atoms. The Morgan fingerprint density at radius 2 is 0.884 bits per heavy atom. The maximum absolute atomic E-state index is 5.08. The van der Waals surface area contributed by atoms with Crippen LogP contribution in [0.2, 0.25) is 0 Å². The molecule has 6 aromatic carbocycles. The summed E-state index contributed by atoms with van der Waals surface area (Å²) in [6.45, 7) is 0. The van der Waals surface area contributed by atoms with Gasteiger partial charge in [0, 0.05) is 33.2 Å². The lowest BCUT2D eigenvalue weighted by Gasteiger charge is -2.13. The van der Waals surface area contributed by atoms with Crippen LogP contribution in [-0.4, -0.2) is 19.5 Å². The van der Waals surface area contributed by atoms with Crippen molar-refractivity contribution in [3.8, 4) is 51.0 Å². The largest absolute Gasteiger partial charge is 0.308 e. The molecule has 4 nitrogen and oxygen atoms in total. The number of rotatable bonds is 5. The number of benzene rings is 6. The number of hydrogen-bond acceptors (Lipinski definition) is 3. The normalized spacial score (nSPS) is 11.3. The van der Waals surface area contributed by atoms with Gasteiger partial charge in [-0.05, 0) is 35.4 Å². The minimum absolute atomic E-state index is 0.640. The van der Waals surface area contributed by atoms with Crippen molar-refractivity contribution < 1.29 is 0 Å². The summed E-state index contributed by atoms with van der Waals surface area (Å²) in [5.74, 6) is 1.94. The van der Waals surface area contributed by atoms with E-state index in [9.17, 15) is 0 Å². The highest BCUT2D eigenvalue weighted by molar-refractivity contribution is 6.13. The van der Waals surface area contributed by atoms with Crippen molar-refractivity contribution in [1.29, 1.82) is 0 Å². The quantitative estimate of drug-likeness (QED) is 0.214. The number of aromatic nitrogens is 4. The van der Waals surface area contributed by atoms with Crippen LogP contribution in [0.5, 0.6) is 0 Å². The van der Waals surface area contributed by atoms with Crippen LogP contribution in [0.4, 0.5) is 0 Å². The van der Waals surface area contributed by atoms with Crippen LogP contribution in [-0.2, 0) is 0 Å². The van der Waals surface area contributed by atoms with E-state index in [0.29, 0.717) is 17.5 Å². The van der Waals surface area contributed by atoms with Crippen LogP contribution in [0.3, 0.4) is 0 Å². The predicted molar refractivity (Wildman–Crippen MR) is 176 cm³/mol. The van der Waals surface area contributed by atoms with Crippen LogP contribution < -0.4 is 0 Å². The summed E-state index contributed by atoms with van der Waals surface area (Å²) in [4.78, 5) is 15.1. The molecule has 0 radical (unpaired) electrons. The molecule has 0 aliphatic heterocycles. The summed E-state index contributed by atoms with van der Waals surface area (Å²) in [5, 5.41) is 2.34. The molecule has 0 aliphatic carbocycles. The van der Waals surface area contributed by atoms with Gasteiger partial charge < -0.3 is 4.57 Å². The fraction of sp³-hybridized carbons (Fsp3) is 0. The van der Waals surface area contributed by atoms with Crippen molar-refractivity contribution in [3.63, 3.8) is 0 Å². The number of para-hydroxylation sites is 2. The average Bonchev–Trinajstić information content (AvgIpc) is 3.44. The van der Waals surface area contributed by atoms with E-state index in [1.165, 1.54) is 16.5 Å². The molecule has 0 bridgehead atoms. The monoisotopic (exact) mass is 550 g/mol. The third-order valence-corrected chi connectivity index (χ3v) is 7.85. The first-order chi connectivity index (χ1) is 21.3. The van der Waals surface area contributed by atoms with Gasteiger partial charge in [-0.3, -0.25) is 0 Å². The Hall–Kier alpha value is -5.87. The Balaban J connectivity index is 1.42. The van der Waals surface area contributed by atoms with Gasteiger partial charge in [-0.25, -0.2) is 15.0 Å². The van der Waals surface area contributed by atoms with E-state index in [2.05, 4.69) is 102 Å². The SMILES string of the molecule is c1ccc(-c2cccc(-n3c4ccccc4c4cccc(-c5nc(-c6ccccc6)nc(-c6ccccc6)n5)c43)c2)cc1. The second kappa shape index (κ2) is 10.5. The second-order valence-electron chi connectivity index (χ2n) is 10.5. The van der Waals surface area contributed by atoms with Gasteiger partial charge in [0.05, 0.1) is 11.0 Å². The zero-order valence-corrected chi connectivity index (χ0v) is 23.3. The molecular weight excluding hydrogens is 524 g/mol. The molecule has 2 aromatic heterocycles. The van der Waals surface area contributed by atoms with Crippen LogP contribution in [0.15, 0.2) is 158 Å². The van der Waals surface area contributed by atoms with Gasteiger partial charge >= 0.3 is 0 Å². The van der Waals surface area contributed by atoms with Crippen molar-refractivity contribution in [2.75, 3.05) is 0 Å². The molecule has 43 heavy (non-hydrogen) atoms. The molecule has 0 unspecified atom stereocenters. The zero-order valence-electron chi connectivity index (χ0n) is 23.3. The molecule has 0 atom stereocenters. The van der Waals surface area contributed by atoms with Crippen LogP contribution in [0, 0.1) is 0 Å². The highest BCUT2D eigenvalue weighted by Crippen LogP contribution is 2.38. The van der Waals surface area contributed by atoms with Crippen molar-refractivity contribution in [1.82, 2.24) is 19.5 Å². The minimum atomic E-state index is 0.640. The topological polar surface area (TPSA) is 43.6 Å². The molecule has 0 N–H and O–H groups in total. The Morgan fingerprint density at radius 3 is 1.56 bits per heavy atom. The Bertz CT molecular complexity index is 2160. The summed E-state index contributed by atoms with van der Waals surface area (Å²) in [6.07, 6.45) is 0. The highest BCUT2D eigenvalue weighted by Gasteiger charge is 2.20. The van der Waals surface area contributed by atoms with E-state index >= 15 is 0 Å². The molecular formula is C39H26N4. The van der Waals surface area contributed by atoms with Crippen molar-refractivity contribution in [3.05, 3.63) is 158 Å². The van der Waals surface area contributed by atoms with Gasteiger partial charge in [0.25, 0.3) is 0 Å². The van der Waals surface area contributed by atoms with E-state index in [1.807, 2.05) is 60.7 Å². The van der Waals surface area contributed by atoms with E-state index in [1.54, 1.807) is 0 Å². The van der Waals surface area contributed by atoms with Crippen LogP contribution >= 0.6 is 0 Å². The standard InChI is InChI=1S/C39H26N4/c1-4-14-27(15-5-1)30-20-12-21-31(26-30)43-35-25-11-10-22-32(35)33-23-13-24-34(36(33)43)39-41-37(28-16-6-2-7-17-28)40-38(42-39)29-18-8-3-9-19-29/h1-26H. The Labute approximate surface area is 249 Å². The summed E-state index contributed by atoms with van der Waals surface area (Å²) in [7, 11) is 0. The minimum Gasteiger partial charge on any atom is -0.308 e. The van der Waals surface area contributed by atoms with Gasteiger partial charge in [0.1, 0.15) is 0 Å². The predicted octanol–water partition coefficient (Wildman–Crippen LogP) is 9.64. The molecule has 0 amide bonds. The first-order valence-electron chi connectivity index (χ1n) is 14.4. The van der Waals surface area contributed by atoms with Gasteiger partial charge in [0.2, 0.25) is 0 Å². The molecule has 2 heterocycles. The van der Waals surface area contributed by atoms with Gasteiger partial charge in [-0.1, -0.05) is 133 Å². The molecule has 8 aromatic rings. The lowest BCUT2D eigenvalue weighted by molar-refractivity contribution is 1.07. The summed E-state index contributed by atoms with van der Waals surface area (Å²) in [6, 6.07) is 54.5. The molecule has 0 saturated heterocycles. The van der Waals surface area contributed by atoms with Gasteiger partial charge in [-0.2, -0.15) is 0 Å². The van der Waals surface area contributed by atoms with Crippen LogP contribution in [0.25, 0.3) is 72.8 Å². The lowest BCUT2D eigenvalue weighted by Crippen LogP contribution is -2.02. The molecule has 8 rings (SSSR count).